The van der Waals surface area contributed by atoms with Crippen molar-refractivity contribution < 1.29 is 14.3 Å². The molecule has 174 valence electrons. The van der Waals surface area contributed by atoms with Gasteiger partial charge >= 0.3 is 0 Å². The van der Waals surface area contributed by atoms with E-state index in [2.05, 4.69) is 20.9 Å². The fourth-order valence-corrected chi connectivity index (χ4v) is 4.85. The van der Waals surface area contributed by atoms with Crippen molar-refractivity contribution in [1.82, 2.24) is 9.88 Å². The summed E-state index contributed by atoms with van der Waals surface area (Å²) in [7, 11) is 0. The molecular formula is C25H25N5O3S. The molecule has 1 saturated heterocycles. The number of ether oxygens (including phenoxy) is 2. The summed E-state index contributed by atoms with van der Waals surface area (Å²) >= 11 is 1.64. The third-order valence-electron chi connectivity index (χ3n) is 5.96. The van der Waals surface area contributed by atoms with E-state index in [0.717, 1.165) is 42.6 Å². The highest BCUT2D eigenvalue weighted by molar-refractivity contribution is 7.09. The maximum absolute atomic E-state index is 13.5. The summed E-state index contributed by atoms with van der Waals surface area (Å²) in [6, 6.07) is 15.4. The van der Waals surface area contributed by atoms with Gasteiger partial charge in [-0.05, 0) is 35.7 Å². The van der Waals surface area contributed by atoms with Gasteiger partial charge < -0.3 is 19.3 Å². The van der Waals surface area contributed by atoms with Crippen LogP contribution < -0.4 is 19.3 Å². The van der Waals surface area contributed by atoms with E-state index in [0.29, 0.717) is 43.4 Å². The molecule has 0 N–H and O–H groups in total. The normalized spacial score (nSPS) is 15.6. The number of nitrogens with zero attached hydrogens (tertiary/aromatic N) is 5. The molecule has 9 heteroatoms. The molecule has 0 atom stereocenters. The van der Waals surface area contributed by atoms with Crippen molar-refractivity contribution in [3.8, 4) is 17.6 Å². The van der Waals surface area contributed by atoms with Crippen LogP contribution in [0.25, 0.3) is 0 Å². The van der Waals surface area contributed by atoms with Crippen molar-refractivity contribution in [2.75, 3.05) is 55.7 Å². The number of hydrogen-bond donors (Lipinski definition) is 0. The number of amides is 1. The zero-order chi connectivity index (χ0) is 23.3. The summed E-state index contributed by atoms with van der Waals surface area (Å²) in [6.07, 6.45) is 1.67. The third-order valence-corrected chi connectivity index (χ3v) is 6.82. The van der Waals surface area contributed by atoms with Crippen LogP contribution in [0.15, 0.2) is 54.0 Å². The Balaban J connectivity index is 1.27. The summed E-state index contributed by atoms with van der Waals surface area (Å²) in [5.74, 6) is 2.24. The highest BCUT2D eigenvalue weighted by Gasteiger charge is 2.25. The number of anilines is 2. The van der Waals surface area contributed by atoms with Gasteiger partial charge in [-0.3, -0.25) is 9.69 Å². The summed E-state index contributed by atoms with van der Waals surface area (Å²) in [6.45, 7) is 4.89. The molecule has 1 amide bonds. The zero-order valence-electron chi connectivity index (χ0n) is 18.7. The minimum atomic E-state index is 0.0446. The van der Waals surface area contributed by atoms with Crippen molar-refractivity contribution in [3.05, 3.63) is 64.5 Å². The van der Waals surface area contributed by atoms with Gasteiger partial charge in [-0.25, -0.2) is 4.98 Å². The Morgan fingerprint density at radius 1 is 1.09 bits per heavy atom. The van der Waals surface area contributed by atoms with E-state index in [4.69, 9.17) is 14.7 Å². The van der Waals surface area contributed by atoms with Crippen molar-refractivity contribution in [1.29, 1.82) is 5.26 Å². The van der Waals surface area contributed by atoms with Gasteiger partial charge in [-0.2, -0.15) is 5.26 Å². The van der Waals surface area contributed by atoms with Crippen LogP contribution in [0.3, 0.4) is 0 Å². The first-order valence-electron chi connectivity index (χ1n) is 11.3. The number of thiophene rings is 1. The first kappa shape index (κ1) is 22.2. The molecule has 5 rings (SSSR count). The van der Waals surface area contributed by atoms with E-state index < -0.39 is 0 Å². The molecule has 4 heterocycles. The average Bonchev–Trinajstić information content (AvgIpc) is 3.41. The van der Waals surface area contributed by atoms with E-state index in [-0.39, 0.29) is 5.91 Å². The number of piperazine rings is 1. The highest BCUT2D eigenvalue weighted by Crippen LogP contribution is 2.35. The standard InChI is InChI=1S/C25H25N5O3S/c26-16-19-5-6-27-24(14-19)29-9-7-28(8-10-29)18-25(31)30(17-21-2-1-13-34-21)20-3-4-22-23(15-20)33-12-11-32-22/h1-6,13-15H,7-12,17-18H2. The van der Waals surface area contributed by atoms with Crippen LogP contribution in [0.2, 0.25) is 0 Å². The van der Waals surface area contributed by atoms with Crippen molar-refractivity contribution in [2.24, 2.45) is 0 Å². The lowest BCUT2D eigenvalue weighted by Gasteiger charge is -2.36. The van der Waals surface area contributed by atoms with Crippen LogP contribution >= 0.6 is 11.3 Å². The van der Waals surface area contributed by atoms with Gasteiger partial charge in [0.25, 0.3) is 0 Å². The SMILES string of the molecule is N#Cc1ccnc(N2CCN(CC(=O)N(Cc3cccs3)c3ccc4c(c3)OCCO4)CC2)c1. The first-order valence-corrected chi connectivity index (χ1v) is 12.1. The predicted octanol–water partition coefficient (Wildman–Crippen LogP) is 3.14. The number of carbonyl (C=O) groups is 1. The van der Waals surface area contributed by atoms with E-state index in [1.807, 2.05) is 46.7 Å². The second kappa shape index (κ2) is 10.1. The Morgan fingerprint density at radius 3 is 2.68 bits per heavy atom. The molecular weight excluding hydrogens is 450 g/mol. The van der Waals surface area contributed by atoms with Crippen LogP contribution in [0.1, 0.15) is 10.4 Å². The van der Waals surface area contributed by atoms with Crippen molar-refractivity contribution in [2.45, 2.75) is 6.54 Å². The van der Waals surface area contributed by atoms with E-state index in [1.165, 1.54) is 0 Å². The van der Waals surface area contributed by atoms with Gasteiger partial charge in [-0.1, -0.05) is 6.07 Å². The maximum Gasteiger partial charge on any atom is 0.241 e. The monoisotopic (exact) mass is 475 g/mol. The second-order valence-corrected chi connectivity index (χ2v) is 9.20. The number of benzene rings is 1. The number of pyridine rings is 1. The number of hydrogen-bond acceptors (Lipinski definition) is 8. The molecule has 2 aliphatic heterocycles. The van der Waals surface area contributed by atoms with Crippen molar-refractivity contribution >= 4 is 28.7 Å². The molecule has 0 radical (unpaired) electrons. The fraction of sp³-hybridized carbons (Fsp3) is 0.320. The largest absolute Gasteiger partial charge is 0.486 e. The molecule has 8 nitrogen and oxygen atoms in total. The smallest absolute Gasteiger partial charge is 0.241 e. The number of rotatable bonds is 6. The molecule has 3 aromatic rings. The zero-order valence-corrected chi connectivity index (χ0v) is 19.5. The van der Waals surface area contributed by atoms with E-state index in [1.54, 1.807) is 23.6 Å². The summed E-state index contributed by atoms with van der Waals surface area (Å²) in [5, 5.41) is 11.2. The third kappa shape index (κ3) is 4.98. The quantitative estimate of drug-likeness (QED) is 0.542. The molecule has 1 fully saturated rings. The van der Waals surface area contributed by atoms with E-state index >= 15 is 0 Å². The van der Waals surface area contributed by atoms with Gasteiger partial charge in [0, 0.05) is 49.0 Å². The summed E-state index contributed by atoms with van der Waals surface area (Å²) in [5.41, 5.74) is 1.41. The molecule has 0 spiro atoms. The van der Waals surface area contributed by atoms with Crippen molar-refractivity contribution in [3.63, 3.8) is 0 Å². The maximum atomic E-state index is 13.5. The molecule has 2 aromatic heterocycles. The fourth-order valence-electron chi connectivity index (χ4n) is 4.15. The molecule has 34 heavy (non-hydrogen) atoms. The Kier molecular flexibility index (Phi) is 6.60. The topological polar surface area (TPSA) is 81.9 Å². The predicted molar refractivity (Wildman–Crippen MR) is 131 cm³/mol. The molecule has 0 aliphatic carbocycles. The second-order valence-electron chi connectivity index (χ2n) is 8.16. The molecule has 0 saturated carbocycles. The van der Waals surface area contributed by atoms with Gasteiger partial charge in [-0.15, -0.1) is 11.3 Å². The van der Waals surface area contributed by atoms with Crippen LogP contribution in [0.5, 0.6) is 11.5 Å². The lowest BCUT2D eigenvalue weighted by molar-refractivity contribution is -0.120. The molecule has 0 unspecified atom stereocenters. The molecule has 2 aliphatic rings. The first-order chi connectivity index (χ1) is 16.7. The van der Waals surface area contributed by atoms with Gasteiger partial charge in [0.05, 0.1) is 24.7 Å². The van der Waals surface area contributed by atoms with E-state index in [9.17, 15) is 4.79 Å². The van der Waals surface area contributed by atoms with Gasteiger partial charge in [0.15, 0.2) is 11.5 Å². The summed E-state index contributed by atoms with van der Waals surface area (Å²) < 4.78 is 11.4. The van der Waals surface area contributed by atoms with Gasteiger partial charge in [0.1, 0.15) is 19.0 Å². The number of fused-ring (bicyclic) bond motifs is 1. The van der Waals surface area contributed by atoms with Crippen LogP contribution in [0.4, 0.5) is 11.5 Å². The minimum absolute atomic E-state index is 0.0446. The lowest BCUT2D eigenvalue weighted by atomic mass is 10.2. The van der Waals surface area contributed by atoms with Crippen LogP contribution in [-0.4, -0.2) is 61.7 Å². The molecule has 1 aromatic carbocycles. The average molecular weight is 476 g/mol. The Morgan fingerprint density at radius 2 is 1.91 bits per heavy atom. The highest BCUT2D eigenvalue weighted by atomic mass is 32.1. The number of carbonyl (C=O) groups excluding carboxylic acids is 1. The minimum Gasteiger partial charge on any atom is -0.486 e. The number of aromatic nitrogens is 1. The Labute approximate surface area is 202 Å². The van der Waals surface area contributed by atoms with Gasteiger partial charge in [0.2, 0.25) is 5.91 Å². The van der Waals surface area contributed by atoms with Crippen LogP contribution in [-0.2, 0) is 11.3 Å². The number of nitriles is 1. The lowest BCUT2D eigenvalue weighted by Crippen LogP contribution is -2.50. The Bertz CT molecular complexity index is 1190. The van der Waals surface area contributed by atoms with Crippen LogP contribution in [0, 0.1) is 11.3 Å². The molecule has 0 bridgehead atoms. The Hall–Kier alpha value is -3.61. The summed E-state index contributed by atoms with van der Waals surface area (Å²) in [4.78, 5) is 25.2.